The number of nitrogens with zero attached hydrogens (tertiary/aromatic N) is 1. The van der Waals surface area contributed by atoms with E-state index in [1.807, 2.05) is 34.6 Å². The largest absolute Gasteiger partial charge is 0.465 e. The number of hydrogen-bond acceptors (Lipinski definition) is 11. The summed E-state index contributed by atoms with van der Waals surface area (Å²) in [6, 6.07) is -0.669. The lowest BCUT2D eigenvalue weighted by Gasteiger charge is -2.53. The average molecular weight is 1100 g/mol. The van der Waals surface area contributed by atoms with E-state index in [1.165, 1.54) is 12.8 Å². The maximum absolute atomic E-state index is 14.0. The summed E-state index contributed by atoms with van der Waals surface area (Å²) in [7, 11) is 4.17. The number of rotatable bonds is 30. The van der Waals surface area contributed by atoms with Crippen LogP contribution in [0.15, 0.2) is 0 Å². The summed E-state index contributed by atoms with van der Waals surface area (Å²) in [5.74, 6) is -0.901. The zero-order valence-electron chi connectivity index (χ0n) is 39.9. The Bertz CT molecular complexity index is 1370. The highest BCUT2D eigenvalue weighted by Crippen LogP contribution is 2.58. The van der Waals surface area contributed by atoms with Crippen molar-refractivity contribution in [2.45, 2.75) is 158 Å². The zero-order chi connectivity index (χ0) is 46.3. The molecular weight excluding hydrogens is 1010 g/mol. The van der Waals surface area contributed by atoms with Crippen LogP contribution in [0.4, 0.5) is 0 Å². The van der Waals surface area contributed by atoms with Gasteiger partial charge in [-0.05, 0) is 143 Å². The maximum atomic E-state index is 14.0. The molecule has 0 spiro atoms. The van der Waals surface area contributed by atoms with E-state index in [2.05, 4.69) is 93.9 Å². The van der Waals surface area contributed by atoms with Gasteiger partial charge in [0.25, 0.3) is 0 Å². The van der Waals surface area contributed by atoms with Gasteiger partial charge in [0.15, 0.2) is 0 Å². The van der Waals surface area contributed by atoms with Crippen LogP contribution in [-0.4, -0.2) is 108 Å². The highest BCUT2D eigenvalue weighted by molar-refractivity contribution is 14.1. The third-order valence-electron chi connectivity index (χ3n) is 14.7. The van der Waals surface area contributed by atoms with Gasteiger partial charge in [0.2, 0.25) is 0 Å². The second kappa shape index (κ2) is 25.3. The van der Waals surface area contributed by atoms with Crippen molar-refractivity contribution in [3.05, 3.63) is 0 Å². The molecule has 0 aromatic rings. The molecule has 0 heterocycles. The number of quaternary nitrogens is 1. The average Bonchev–Trinajstić information content (AvgIpc) is 3.18. The zero-order valence-corrected chi connectivity index (χ0v) is 45.1. The predicted octanol–water partition coefficient (Wildman–Crippen LogP) is 9.62. The molecule has 60 heavy (non-hydrogen) atoms. The van der Waals surface area contributed by atoms with Gasteiger partial charge in [-0.15, -0.1) is 0 Å². The number of ether oxygens (including phenoxy) is 5. The summed E-state index contributed by atoms with van der Waals surface area (Å²) in [6.45, 7) is 25.4. The van der Waals surface area contributed by atoms with Crippen LogP contribution < -0.4 is 5.73 Å². The topological polar surface area (TPSA) is 140 Å². The van der Waals surface area contributed by atoms with Crippen molar-refractivity contribution in [2.24, 2.45) is 50.6 Å². The van der Waals surface area contributed by atoms with E-state index < -0.39 is 39.1 Å². The number of hydrogen-bond donors (Lipinski definition) is 2. The molecule has 11 nitrogen and oxygen atoms in total. The van der Waals surface area contributed by atoms with Crippen LogP contribution in [0.5, 0.6) is 0 Å². The van der Waals surface area contributed by atoms with Gasteiger partial charge >= 0.3 is 23.9 Å². The molecule has 0 aromatic carbocycles. The molecule has 2 N–H and O–H groups in total. The molecule has 9 atom stereocenters. The van der Waals surface area contributed by atoms with Crippen LogP contribution in [0.25, 0.3) is 0 Å². The number of carbonyl (C=O) groups is 4. The Labute approximate surface area is 397 Å². The van der Waals surface area contributed by atoms with E-state index in [4.69, 9.17) is 42.0 Å². The lowest BCUT2D eigenvalue weighted by Crippen LogP contribution is -2.58. The summed E-state index contributed by atoms with van der Waals surface area (Å²) < 4.78 is 31.9. The minimum atomic E-state index is -1.07. The van der Waals surface area contributed by atoms with Gasteiger partial charge in [-0.2, -0.15) is 12.6 Å². The Morgan fingerprint density at radius 1 is 0.817 bits per heavy atom. The summed E-state index contributed by atoms with van der Waals surface area (Å²) in [4.78, 5) is 54.5. The van der Waals surface area contributed by atoms with Gasteiger partial charge in [0.05, 0.1) is 61.7 Å². The molecule has 352 valence electrons. The molecule has 0 saturated heterocycles. The molecular formula is C46H85I2N2O9S+. The first-order valence-electron chi connectivity index (χ1n) is 22.4. The van der Waals surface area contributed by atoms with E-state index in [-0.39, 0.29) is 67.3 Å². The molecule has 0 amide bonds. The summed E-state index contributed by atoms with van der Waals surface area (Å²) in [5, 5.41) is -0.330. The first kappa shape index (κ1) is 57.6. The molecule has 1 saturated carbocycles. The van der Waals surface area contributed by atoms with Crippen molar-refractivity contribution in [1.29, 1.82) is 0 Å². The van der Waals surface area contributed by atoms with Crippen molar-refractivity contribution in [2.75, 3.05) is 62.7 Å². The normalized spacial score (nSPS) is 22.2. The van der Waals surface area contributed by atoms with E-state index in [0.29, 0.717) is 44.9 Å². The molecule has 1 aliphatic carbocycles. The molecule has 14 heteroatoms. The predicted molar refractivity (Wildman–Crippen MR) is 261 cm³/mol. The lowest BCUT2D eigenvalue weighted by atomic mass is 9.51. The maximum Gasteiger partial charge on any atom is 0.313 e. The fraction of sp³-hybridized carbons (Fsp3) is 0.913. The summed E-state index contributed by atoms with van der Waals surface area (Å²) in [5.41, 5.74) is 2.63. The Morgan fingerprint density at radius 3 is 1.92 bits per heavy atom. The molecule has 1 fully saturated rings. The number of esters is 4. The number of alkyl halides is 2. The molecule has 1 aliphatic rings. The van der Waals surface area contributed by atoms with E-state index in [1.54, 1.807) is 13.8 Å². The van der Waals surface area contributed by atoms with Crippen LogP contribution >= 0.6 is 57.8 Å². The van der Waals surface area contributed by atoms with Crippen LogP contribution in [0.3, 0.4) is 0 Å². The first-order chi connectivity index (χ1) is 27.7. The van der Waals surface area contributed by atoms with Crippen molar-refractivity contribution >= 4 is 81.7 Å². The van der Waals surface area contributed by atoms with E-state index in [9.17, 15) is 19.2 Å². The number of thiol groups is 1. The fourth-order valence-corrected chi connectivity index (χ4v) is 9.49. The SMILES string of the molecule is CCC(C)(C(C)C)C(C)(CC(N)C(C)(C)C(=O)OCCC(C)OCCOC(=O)C1(C)CCC1C(C)(C(=O)OCC[N+](C)(C)CI)C(C)S)C(=O)OCCCC(C)CCCI. The van der Waals surface area contributed by atoms with Gasteiger partial charge in [0.1, 0.15) is 24.3 Å². The van der Waals surface area contributed by atoms with Crippen LogP contribution in [0, 0.1) is 44.8 Å². The van der Waals surface area contributed by atoms with Gasteiger partial charge < -0.3 is 33.9 Å². The Balaban J connectivity index is 2.76. The molecule has 0 radical (unpaired) electrons. The molecule has 9 unspecified atom stereocenters. The number of halogens is 2. The summed E-state index contributed by atoms with van der Waals surface area (Å²) in [6.07, 6.45) is 6.70. The van der Waals surface area contributed by atoms with E-state index in [0.717, 1.165) is 32.7 Å². The van der Waals surface area contributed by atoms with Crippen LogP contribution in [-0.2, 0) is 42.9 Å². The lowest BCUT2D eigenvalue weighted by molar-refractivity contribution is -0.874. The smallest absolute Gasteiger partial charge is 0.313 e. The van der Waals surface area contributed by atoms with Gasteiger partial charge in [-0.25, -0.2) is 0 Å². The van der Waals surface area contributed by atoms with Crippen molar-refractivity contribution < 1.29 is 47.3 Å². The van der Waals surface area contributed by atoms with Gasteiger partial charge in [-0.3, -0.25) is 19.2 Å². The van der Waals surface area contributed by atoms with Gasteiger partial charge in [-0.1, -0.05) is 64.1 Å². The number of nitrogens with two attached hydrogens (primary N) is 1. The quantitative estimate of drug-likeness (QED) is 0.0105. The Hall–Kier alpha value is -0.430. The standard InChI is InChI=1S/C46H84I2N2O9S/c1-15-44(10,32(2)3)45(11,40(53)56-25-17-19-33(4)18-16-23-47)30-37(49)42(7,8)38(51)57-26-21-34(5)55-28-29-59-39(52)43(9)22-20-36(43)46(12,35(6)60)41(54)58-27-24-50(13,14)31-48/h32-37H,15-31,49H2,1-14H3/p+1. The molecule has 1 rings (SSSR count). The Kier molecular flexibility index (Phi) is 24.3. The molecule has 0 bridgehead atoms. The third-order valence-corrected chi connectivity index (χ3v) is 17.8. The highest BCUT2D eigenvalue weighted by Gasteiger charge is 2.62. The van der Waals surface area contributed by atoms with Crippen molar-refractivity contribution in [3.8, 4) is 0 Å². The second-order valence-electron chi connectivity index (χ2n) is 20.1. The van der Waals surface area contributed by atoms with Gasteiger partial charge in [0, 0.05) is 17.7 Å². The molecule has 0 aliphatic heterocycles. The summed E-state index contributed by atoms with van der Waals surface area (Å²) >= 11 is 9.43. The third kappa shape index (κ3) is 15.1. The minimum absolute atomic E-state index is 0.0557. The fourth-order valence-electron chi connectivity index (χ4n) is 8.43. The van der Waals surface area contributed by atoms with Crippen LogP contribution in [0.2, 0.25) is 0 Å². The molecule has 0 aromatic heterocycles. The minimum Gasteiger partial charge on any atom is -0.465 e. The number of likely N-dealkylation sites (N-methyl/N-ethyl adjacent to an activating group) is 1. The second-order valence-corrected chi connectivity index (χ2v) is 22.7. The monoisotopic (exact) mass is 1100 g/mol. The van der Waals surface area contributed by atoms with Crippen molar-refractivity contribution in [1.82, 2.24) is 0 Å². The number of carbonyl (C=O) groups excluding carboxylic acids is 4. The van der Waals surface area contributed by atoms with E-state index >= 15 is 0 Å². The first-order valence-corrected chi connectivity index (χ1v) is 25.9. The van der Waals surface area contributed by atoms with Crippen molar-refractivity contribution in [3.63, 3.8) is 0 Å². The van der Waals surface area contributed by atoms with Crippen LogP contribution in [0.1, 0.15) is 141 Å². The Morgan fingerprint density at radius 2 is 1.40 bits per heavy atom. The highest BCUT2D eigenvalue weighted by atomic mass is 127.